The number of carbonyl (C=O) groups is 2. The van der Waals surface area contributed by atoms with Crippen LogP contribution in [0.15, 0.2) is 0 Å². The fourth-order valence-corrected chi connectivity index (χ4v) is 2.36. The molecular formula is C13H21N3O3. The van der Waals surface area contributed by atoms with Crippen LogP contribution >= 0.6 is 0 Å². The third-order valence-electron chi connectivity index (χ3n) is 3.44. The van der Waals surface area contributed by atoms with Crippen LogP contribution in [0.3, 0.4) is 0 Å². The Bertz CT molecular complexity index is 365. The van der Waals surface area contributed by atoms with Gasteiger partial charge in [0, 0.05) is 33.1 Å². The van der Waals surface area contributed by atoms with E-state index in [2.05, 4.69) is 0 Å². The number of amides is 2. The van der Waals surface area contributed by atoms with Gasteiger partial charge in [0.05, 0.1) is 12.5 Å². The summed E-state index contributed by atoms with van der Waals surface area (Å²) in [6.45, 7) is 1.79. The van der Waals surface area contributed by atoms with Gasteiger partial charge < -0.3 is 14.9 Å². The van der Waals surface area contributed by atoms with Crippen LogP contribution in [0.25, 0.3) is 0 Å². The summed E-state index contributed by atoms with van der Waals surface area (Å²) < 4.78 is 0. The highest BCUT2D eigenvalue weighted by molar-refractivity contribution is 5.74. The Morgan fingerprint density at radius 3 is 2.89 bits per heavy atom. The van der Waals surface area contributed by atoms with Crippen molar-refractivity contribution in [2.75, 3.05) is 26.7 Å². The van der Waals surface area contributed by atoms with E-state index < -0.39 is 5.97 Å². The van der Waals surface area contributed by atoms with E-state index in [1.165, 1.54) is 0 Å². The predicted octanol–water partition coefficient (Wildman–Crippen LogP) is 1.53. The van der Waals surface area contributed by atoms with Crippen LogP contribution in [0.2, 0.25) is 0 Å². The van der Waals surface area contributed by atoms with Crippen molar-refractivity contribution in [3.8, 4) is 6.07 Å². The van der Waals surface area contributed by atoms with Crippen molar-refractivity contribution in [2.24, 2.45) is 5.92 Å². The van der Waals surface area contributed by atoms with E-state index in [-0.39, 0.29) is 18.4 Å². The molecule has 1 heterocycles. The maximum Gasteiger partial charge on any atom is 0.319 e. The third kappa shape index (κ3) is 5.16. The average Bonchev–Trinajstić information content (AvgIpc) is 2.42. The molecule has 1 N–H and O–H groups in total. The number of carboxylic acid groups (broad SMARTS) is 1. The number of hydrogen-bond acceptors (Lipinski definition) is 3. The van der Waals surface area contributed by atoms with E-state index >= 15 is 0 Å². The van der Waals surface area contributed by atoms with Crippen molar-refractivity contribution in [3.63, 3.8) is 0 Å². The molecule has 0 radical (unpaired) electrons. The van der Waals surface area contributed by atoms with Gasteiger partial charge in [-0.2, -0.15) is 5.26 Å². The summed E-state index contributed by atoms with van der Waals surface area (Å²) in [4.78, 5) is 26.0. The lowest BCUT2D eigenvalue weighted by atomic mass is 9.93. The Balaban J connectivity index is 2.43. The number of nitrogens with zero attached hydrogens (tertiary/aromatic N) is 3. The second-order valence-corrected chi connectivity index (χ2v) is 5.00. The van der Waals surface area contributed by atoms with E-state index in [0.717, 1.165) is 19.4 Å². The van der Waals surface area contributed by atoms with Crippen LogP contribution in [-0.2, 0) is 4.79 Å². The standard InChI is InChI=1S/C13H21N3O3/c1-15(8-3-7-14)13(19)16-9-2-4-11(10-16)5-6-12(17)18/h11H,2-6,8-10H2,1H3,(H,17,18). The minimum Gasteiger partial charge on any atom is -0.481 e. The van der Waals surface area contributed by atoms with Gasteiger partial charge in [0.25, 0.3) is 0 Å². The van der Waals surface area contributed by atoms with E-state index in [4.69, 9.17) is 10.4 Å². The van der Waals surface area contributed by atoms with Gasteiger partial charge in [-0.25, -0.2) is 4.79 Å². The summed E-state index contributed by atoms with van der Waals surface area (Å²) in [6, 6.07) is 1.96. The molecule has 6 nitrogen and oxygen atoms in total. The first-order valence-electron chi connectivity index (χ1n) is 6.63. The minimum atomic E-state index is -0.783. The van der Waals surface area contributed by atoms with Gasteiger partial charge in [-0.15, -0.1) is 0 Å². The number of nitriles is 1. The van der Waals surface area contributed by atoms with Gasteiger partial charge in [-0.05, 0) is 25.2 Å². The molecular weight excluding hydrogens is 246 g/mol. The zero-order chi connectivity index (χ0) is 14.3. The van der Waals surface area contributed by atoms with Gasteiger partial charge in [0.2, 0.25) is 0 Å². The average molecular weight is 267 g/mol. The molecule has 0 saturated carbocycles. The molecule has 0 aliphatic carbocycles. The van der Waals surface area contributed by atoms with Crippen molar-refractivity contribution in [1.29, 1.82) is 5.26 Å². The SMILES string of the molecule is CN(CCC#N)C(=O)N1CCCC(CCC(=O)O)C1. The minimum absolute atomic E-state index is 0.0599. The van der Waals surface area contributed by atoms with E-state index in [1.807, 2.05) is 6.07 Å². The molecule has 0 bridgehead atoms. The lowest BCUT2D eigenvalue weighted by molar-refractivity contribution is -0.137. The number of aliphatic carboxylic acids is 1. The highest BCUT2D eigenvalue weighted by Gasteiger charge is 2.25. The Kier molecular flexibility index (Phi) is 6.13. The number of rotatable bonds is 5. The first-order chi connectivity index (χ1) is 9.04. The normalized spacial score (nSPS) is 18.7. The molecule has 1 aliphatic rings. The lowest BCUT2D eigenvalue weighted by Gasteiger charge is -2.35. The molecule has 1 rings (SSSR count). The van der Waals surface area contributed by atoms with Crippen molar-refractivity contribution >= 4 is 12.0 Å². The summed E-state index contributed by atoms with van der Waals surface area (Å²) in [7, 11) is 1.69. The number of piperidine rings is 1. The Morgan fingerprint density at radius 2 is 2.26 bits per heavy atom. The Labute approximate surface area is 113 Å². The van der Waals surface area contributed by atoms with E-state index in [0.29, 0.717) is 25.9 Å². The number of hydrogen-bond donors (Lipinski definition) is 1. The smallest absolute Gasteiger partial charge is 0.319 e. The molecule has 0 spiro atoms. The first kappa shape index (κ1) is 15.3. The Hall–Kier alpha value is -1.77. The van der Waals surface area contributed by atoms with Crippen LogP contribution < -0.4 is 0 Å². The van der Waals surface area contributed by atoms with Crippen LogP contribution in [0, 0.1) is 17.2 Å². The number of carboxylic acids is 1. The predicted molar refractivity (Wildman–Crippen MR) is 69.4 cm³/mol. The van der Waals surface area contributed by atoms with Crippen LogP contribution in [0.5, 0.6) is 0 Å². The molecule has 1 atom stereocenters. The fraction of sp³-hybridized carbons (Fsp3) is 0.769. The molecule has 0 aromatic heterocycles. The van der Waals surface area contributed by atoms with Gasteiger partial charge in [0.15, 0.2) is 0 Å². The lowest BCUT2D eigenvalue weighted by Crippen LogP contribution is -2.46. The van der Waals surface area contributed by atoms with Crippen molar-refractivity contribution in [3.05, 3.63) is 0 Å². The maximum atomic E-state index is 12.1. The van der Waals surface area contributed by atoms with Gasteiger partial charge >= 0.3 is 12.0 Å². The summed E-state index contributed by atoms with van der Waals surface area (Å²) >= 11 is 0. The summed E-state index contributed by atoms with van der Waals surface area (Å²) in [5.41, 5.74) is 0. The topological polar surface area (TPSA) is 84.6 Å². The van der Waals surface area contributed by atoms with Crippen molar-refractivity contribution in [1.82, 2.24) is 9.80 Å². The number of urea groups is 1. The van der Waals surface area contributed by atoms with Crippen molar-refractivity contribution < 1.29 is 14.7 Å². The highest BCUT2D eigenvalue weighted by Crippen LogP contribution is 2.21. The fourth-order valence-electron chi connectivity index (χ4n) is 2.36. The molecule has 106 valence electrons. The van der Waals surface area contributed by atoms with Crippen LogP contribution in [0.4, 0.5) is 4.79 Å². The third-order valence-corrected chi connectivity index (χ3v) is 3.44. The van der Waals surface area contributed by atoms with Gasteiger partial charge in [-0.3, -0.25) is 4.79 Å². The molecule has 2 amide bonds. The van der Waals surface area contributed by atoms with E-state index in [9.17, 15) is 9.59 Å². The van der Waals surface area contributed by atoms with E-state index in [1.54, 1.807) is 16.8 Å². The second-order valence-electron chi connectivity index (χ2n) is 5.00. The summed E-state index contributed by atoms with van der Waals surface area (Å²) in [6.07, 6.45) is 3.03. The molecule has 0 aromatic carbocycles. The monoisotopic (exact) mass is 267 g/mol. The number of likely N-dealkylation sites (tertiary alicyclic amines) is 1. The van der Waals surface area contributed by atoms with Gasteiger partial charge in [-0.1, -0.05) is 0 Å². The molecule has 1 aliphatic heterocycles. The zero-order valence-corrected chi connectivity index (χ0v) is 11.3. The summed E-state index contributed by atoms with van der Waals surface area (Å²) in [5.74, 6) is -0.507. The summed E-state index contributed by atoms with van der Waals surface area (Å²) in [5, 5.41) is 17.2. The molecule has 19 heavy (non-hydrogen) atoms. The first-order valence-corrected chi connectivity index (χ1v) is 6.63. The van der Waals surface area contributed by atoms with Gasteiger partial charge in [0.1, 0.15) is 0 Å². The largest absolute Gasteiger partial charge is 0.481 e. The zero-order valence-electron chi connectivity index (χ0n) is 11.3. The Morgan fingerprint density at radius 1 is 1.53 bits per heavy atom. The molecule has 0 aromatic rings. The molecule has 6 heteroatoms. The molecule has 1 saturated heterocycles. The molecule has 1 fully saturated rings. The van der Waals surface area contributed by atoms with Crippen LogP contribution in [0.1, 0.15) is 32.1 Å². The number of carbonyl (C=O) groups excluding carboxylic acids is 1. The quantitative estimate of drug-likeness (QED) is 0.818. The second kappa shape index (κ2) is 7.62. The highest BCUT2D eigenvalue weighted by atomic mass is 16.4. The maximum absolute atomic E-state index is 12.1. The molecule has 1 unspecified atom stereocenters. The van der Waals surface area contributed by atoms with Crippen LogP contribution in [-0.4, -0.2) is 53.6 Å². The van der Waals surface area contributed by atoms with Crippen molar-refractivity contribution in [2.45, 2.75) is 32.1 Å².